The zero-order valence-electron chi connectivity index (χ0n) is 11.5. The van der Waals surface area contributed by atoms with Crippen molar-refractivity contribution < 1.29 is 4.39 Å². The number of rotatable bonds is 4. The van der Waals surface area contributed by atoms with E-state index in [4.69, 9.17) is 0 Å². The first kappa shape index (κ1) is 14.8. The van der Waals surface area contributed by atoms with Crippen LogP contribution < -0.4 is 5.32 Å². The normalized spacial score (nSPS) is 21.1. The van der Waals surface area contributed by atoms with E-state index < -0.39 is 0 Å². The number of hydrogen-bond acceptors (Lipinski definition) is 2. The van der Waals surface area contributed by atoms with Crippen molar-refractivity contribution in [3.05, 3.63) is 28.5 Å². The van der Waals surface area contributed by atoms with Gasteiger partial charge in [0.1, 0.15) is 5.82 Å². The van der Waals surface area contributed by atoms with E-state index in [0.29, 0.717) is 10.5 Å². The van der Waals surface area contributed by atoms with Crippen LogP contribution >= 0.6 is 15.9 Å². The Morgan fingerprint density at radius 2 is 2.21 bits per heavy atom. The van der Waals surface area contributed by atoms with Gasteiger partial charge < -0.3 is 10.2 Å². The second-order valence-corrected chi connectivity index (χ2v) is 6.10. The SMILES string of the molecule is CCCN1CCCC(Nc2ccc(Br)c(F)c2)CC1. The molecule has 0 spiro atoms. The highest BCUT2D eigenvalue weighted by Crippen LogP contribution is 2.22. The quantitative estimate of drug-likeness (QED) is 0.888. The van der Waals surface area contributed by atoms with Crippen molar-refractivity contribution in [1.82, 2.24) is 4.90 Å². The summed E-state index contributed by atoms with van der Waals surface area (Å²) >= 11 is 3.18. The van der Waals surface area contributed by atoms with Gasteiger partial charge in [0.25, 0.3) is 0 Å². The van der Waals surface area contributed by atoms with Gasteiger partial charge in [-0.3, -0.25) is 0 Å². The zero-order chi connectivity index (χ0) is 13.7. The fraction of sp³-hybridized carbons (Fsp3) is 0.600. The van der Waals surface area contributed by atoms with E-state index in [-0.39, 0.29) is 5.82 Å². The summed E-state index contributed by atoms with van der Waals surface area (Å²) in [5.74, 6) is -0.203. The molecule has 1 N–H and O–H groups in total. The van der Waals surface area contributed by atoms with Crippen molar-refractivity contribution in [1.29, 1.82) is 0 Å². The number of nitrogens with one attached hydrogen (secondary N) is 1. The lowest BCUT2D eigenvalue weighted by atomic mass is 10.1. The van der Waals surface area contributed by atoms with Crippen molar-refractivity contribution in [2.45, 2.75) is 38.6 Å². The van der Waals surface area contributed by atoms with Crippen LogP contribution in [0.25, 0.3) is 0 Å². The van der Waals surface area contributed by atoms with Crippen molar-refractivity contribution in [2.24, 2.45) is 0 Å². The van der Waals surface area contributed by atoms with Gasteiger partial charge in [-0.2, -0.15) is 0 Å². The molecule has 0 aliphatic carbocycles. The number of likely N-dealkylation sites (tertiary alicyclic amines) is 1. The third-order valence-corrected chi connectivity index (χ3v) is 4.29. The van der Waals surface area contributed by atoms with Gasteiger partial charge in [-0.15, -0.1) is 0 Å². The second kappa shape index (κ2) is 7.25. The number of benzene rings is 1. The topological polar surface area (TPSA) is 15.3 Å². The lowest BCUT2D eigenvalue weighted by Gasteiger charge is -2.20. The molecule has 2 rings (SSSR count). The molecule has 4 heteroatoms. The molecule has 1 aliphatic heterocycles. The minimum Gasteiger partial charge on any atom is -0.382 e. The third kappa shape index (κ3) is 4.46. The summed E-state index contributed by atoms with van der Waals surface area (Å²) in [4.78, 5) is 2.53. The Morgan fingerprint density at radius 3 is 2.95 bits per heavy atom. The van der Waals surface area contributed by atoms with Crippen LogP contribution in [0.2, 0.25) is 0 Å². The molecular weight excluding hydrogens is 307 g/mol. The molecule has 1 unspecified atom stereocenters. The molecule has 1 aromatic rings. The molecule has 1 aromatic carbocycles. The molecular formula is C15H22BrFN2. The largest absolute Gasteiger partial charge is 0.382 e. The van der Waals surface area contributed by atoms with Crippen LogP contribution in [-0.4, -0.2) is 30.6 Å². The Morgan fingerprint density at radius 1 is 1.37 bits per heavy atom. The molecule has 19 heavy (non-hydrogen) atoms. The fourth-order valence-electron chi connectivity index (χ4n) is 2.66. The molecule has 1 heterocycles. The Bertz CT molecular complexity index is 411. The maximum atomic E-state index is 13.5. The predicted molar refractivity (Wildman–Crippen MR) is 82.1 cm³/mol. The van der Waals surface area contributed by atoms with Crippen molar-refractivity contribution in [3.8, 4) is 0 Å². The highest BCUT2D eigenvalue weighted by Gasteiger charge is 2.16. The van der Waals surface area contributed by atoms with E-state index in [0.717, 1.165) is 25.1 Å². The summed E-state index contributed by atoms with van der Waals surface area (Å²) in [5.41, 5.74) is 0.884. The Balaban J connectivity index is 1.90. The summed E-state index contributed by atoms with van der Waals surface area (Å²) < 4.78 is 14.0. The first-order valence-corrected chi connectivity index (χ1v) is 7.92. The zero-order valence-corrected chi connectivity index (χ0v) is 13.0. The summed E-state index contributed by atoms with van der Waals surface area (Å²) in [6, 6.07) is 5.72. The molecule has 1 fully saturated rings. The molecule has 1 atom stereocenters. The molecule has 1 saturated heterocycles. The molecule has 2 nitrogen and oxygen atoms in total. The van der Waals surface area contributed by atoms with E-state index in [1.54, 1.807) is 12.1 Å². The molecule has 0 radical (unpaired) electrons. The molecule has 1 aliphatic rings. The number of nitrogens with zero attached hydrogens (tertiary/aromatic N) is 1. The van der Waals surface area contributed by atoms with Crippen LogP contribution in [0.4, 0.5) is 10.1 Å². The van der Waals surface area contributed by atoms with Gasteiger partial charge in [0.2, 0.25) is 0 Å². The smallest absolute Gasteiger partial charge is 0.139 e. The maximum Gasteiger partial charge on any atom is 0.139 e. The molecule has 0 aromatic heterocycles. The van der Waals surface area contributed by atoms with Crippen molar-refractivity contribution in [2.75, 3.05) is 25.0 Å². The van der Waals surface area contributed by atoms with Crippen molar-refractivity contribution in [3.63, 3.8) is 0 Å². The van der Waals surface area contributed by atoms with E-state index in [1.807, 2.05) is 6.07 Å². The van der Waals surface area contributed by atoms with Gasteiger partial charge in [0.15, 0.2) is 0 Å². The second-order valence-electron chi connectivity index (χ2n) is 5.24. The fourth-order valence-corrected chi connectivity index (χ4v) is 2.91. The Labute approximate surface area is 123 Å². The highest BCUT2D eigenvalue weighted by atomic mass is 79.9. The molecule has 106 valence electrons. The van der Waals surface area contributed by atoms with Crippen LogP contribution in [0.5, 0.6) is 0 Å². The summed E-state index contributed by atoms with van der Waals surface area (Å²) in [6.07, 6.45) is 4.74. The van der Waals surface area contributed by atoms with E-state index >= 15 is 0 Å². The van der Waals surface area contributed by atoms with Gasteiger partial charge in [-0.05, 0) is 72.9 Å². The van der Waals surface area contributed by atoms with Crippen molar-refractivity contribution >= 4 is 21.6 Å². The number of anilines is 1. The van der Waals surface area contributed by atoms with Gasteiger partial charge in [0.05, 0.1) is 4.47 Å². The summed E-state index contributed by atoms with van der Waals surface area (Å²) in [5, 5.41) is 3.46. The van der Waals surface area contributed by atoms with Crippen LogP contribution in [0.1, 0.15) is 32.6 Å². The average molecular weight is 329 g/mol. The van der Waals surface area contributed by atoms with E-state index in [1.165, 1.54) is 25.9 Å². The molecule has 0 amide bonds. The standard InChI is InChI=1S/C15H22BrFN2/c1-2-8-19-9-3-4-12(7-10-19)18-13-5-6-14(16)15(17)11-13/h5-6,11-12,18H,2-4,7-10H2,1H3. The Kier molecular flexibility index (Phi) is 5.64. The minimum atomic E-state index is -0.203. The first-order chi connectivity index (χ1) is 9.19. The van der Waals surface area contributed by atoms with Gasteiger partial charge in [0, 0.05) is 18.3 Å². The number of hydrogen-bond donors (Lipinski definition) is 1. The van der Waals surface area contributed by atoms with Gasteiger partial charge in [-0.25, -0.2) is 4.39 Å². The highest BCUT2D eigenvalue weighted by molar-refractivity contribution is 9.10. The predicted octanol–water partition coefficient (Wildman–Crippen LogP) is 4.26. The monoisotopic (exact) mass is 328 g/mol. The van der Waals surface area contributed by atoms with Crippen LogP contribution in [0.3, 0.4) is 0 Å². The lowest BCUT2D eigenvalue weighted by Crippen LogP contribution is -2.27. The van der Waals surface area contributed by atoms with Crippen LogP contribution in [0, 0.1) is 5.82 Å². The van der Waals surface area contributed by atoms with Gasteiger partial charge in [-0.1, -0.05) is 6.92 Å². The first-order valence-electron chi connectivity index (χ1n) is 7.13. The molecule has 0 bridgehead atoms. The van der Waals surface area contributed by atoms with Crippen LogP contribution in [0.15, 0.2) is 22.7 Å². The van der Waals surface area contributed by atoms with E-state index in [2.05, 4.69) is 33.1 Å². The summed E-state index contributed by atoms with van der Waals surface area (Å²) in [6.45, 7) is 5.76. The minimum absolute atomic E-state index is 0.203. The lowest BCUT2D eigenvalue weighted by molar-refractivity contribution is 0.285. The third-order valence-electron chi connectivity index (χ3n) is 3.65. The summed E-state index contributed by atoms with van der Waals surface area (Å²) in [7, 11) is 0. The maximum absolute atomic E-state index is 13.5. The van der Waals surface area contributed by atoms with Crippen LogP contribution in [-0.2, 0) is 0 Å². The number of halogens is 2. The Hall–Kier alpha value is -0.610. The average Bonchev–Trinajstić information content (AvgIpc) is 2.60. The molecule has 0 saturated carbocycles. The van der Waals surface area contributed by atoms with Gasteiger partial charge >= 0.3 is 0 Å². The van der Waals surface area contributed by atoms with E-state index in [9.17, 15) is 4.39 Å².